The van der Waals surface area contributed by atoms with Crippen molar-refractivity contribution in [2.45, 2.75) is 45.1 Å². The van der Waals surface area contributed by atoms with E-state index in [0.29, 0.717) is 5.69 Å². The number of amides is 1. The predicted molar refractivity (Wildman–Crippen MR) is 63.9 cm³/mol. The van der Waals surface area contributed by atoms with Crippen molar-refractivity contribution in [1.29, 1.82) is 0 Å². The van der Waals surface area contributed by atoms with Crippen LogP contribution in [-0.2, 0) is 12.8 Å². The van der Waals surface area contributed by atoms with Crippen LogP contribution < -0.4 is 5.32 Å². The van der Waals surface area contributed by atoms with Gasteiger partial charge in [-0.05, 0) is 32.6 Å². The van der Waals surface area contributed by atoms with Crippen molar-refractivity contribution in [1.82, 2.24) is 15.5 Å². The van der Waals surface area contributed by atoms with Crippen LogP contribution in [-0.4, -0.2) is 33.9 Å². The maximum atomic E-state index is 12.0. The zero-order valence-electron chi connectivity index (χ0n) is 10.1. The maximum Gasteiger partial charge on any atom is 0.272 e. The monoisotopic (exact) mass is 237 g/mol. The number of aliphatic hydroxyl groups is 1. The second kappa shape index (κ2) is 5.31. The third-order valence-corrected chi connectivity index (χ3v) is 3.17. The van der Waals surface area contributed by atoms with Crippen LogP contribution in [0.3, 0.4) is 0 Å². The molecule has 1 atom stereocenters. The van der Waals surface area contributed by atoms with Gasteiger partial charge in [0.2, 0.25) is 0 Å². The molecule has 1 amide bonds. The molecule has 0 saturated carbocycles. The van der Waals surface area contributed by atoms with E-state index >= 15 is 0 Å². The molecule has 94 valence electrons. The Labute approximate surface area is 101 Å². The van der Waals surface area contributed by atoms with Crippen LogP contribution >= 0.6 is 0 Å². The van der Waals surface area contributed by atoms with Gasteiger partial charge in [0.1, 0.15) is 0 Å². The molecule has 0 aliphatic heterocycles. The van der Waals surface area contributed by atoms with Crippen LogP contribution in [0.2, 0.25) is 0 Å². The normalized spacial score (nSPS) is 17.1. The Morgan fingerprint density at radius 3 is 3.00 bits per heavy atom. The van der Waals surface area contributed by atoms with Gasteiger partial charge in [-0.1, -0.05) is 6.42 Å². The highest BCUT2D eigenvalue weighted by Crippen LogP contribution is 2.21. The number of carbonyl (C=O) groups is 1. The number of nitrogens with zero attached hydrogens (tertiary/aromatic N) is 1. The summed E-state index contributed by atoms with van der Waals surface area (Å²) in [6.07, 6.45) is 5.37. The van der Waals surface area contributed by atoms with Crippen molar-refractivity contribution in [3.63, 3.8) is 0 Å². The summed E-state index contributed by atoms with van der Waals surface area (Å²) >= 11 is 0. The third-order valence-electron chi connectivity index (χ3n) is 3.17. The molecule has 0 unspecified atom stereocenters. The molecule has 1 heterocycles. The van der Waals surface area contributed by atoms with Crippen LogP contribution in [0.5, 0.6) is 0 Å². The smallest absolute Gasteiger partial charge is 0.272 e. The first kappa shape index (κ1) is 12.1. The van der Waals surface area contributed by atoms with Crippen LogP contribution in [0.25, 0.3) is 0 Å². The lowest BCUT2D eigenvalue weighted by molar-refractivity contribution is 0.0916. The fourth-order valence-corrected chi connectivity index (χ4v) is 2.18. The third kappa shape index (κ3) is 2.66. The van der Waals surface area contributed by atoms with Gasteiger partial charge in [-0.15, -0.1) is 0 Å². The van der Waals surface area contributed by atoms with Crippen molar-refractivity contribution >= 4 is 5.91 Å². The molecule has 1 aromatic heterocycles. The molecule has 0 saturated heterocycles. The number of nitrogens with one attached hydrogen (secondary N) is 2. The zero-order chi connectivity index (χ0) is 12.3. The van der Waals surface area contributed by atoms with E-state index in [0.717, 1.165) is 36.9 Å². The van der Waals surface area contributed by atoms with Gasteiger partial charge in [0.15, 0.2) is 5.69 Å². The molecule has 2 rings (SSSR count). The number of aliphatic hydroxyl groups excluding tert-OH is 1. The van der Waals surface area contributed by atoms with E-state index in [1.807, 2.05) is 0 Å². The minimum absolute atomic E-state index is 0.0572. The van der Waals surface area contributed by atoms with Crippen molar-refractivity contribution in [3.05, 3.63) is 17.0 Å². The summed E-state index contributed by atoms with van der Waals surface area (Å²) in [5.74, 6) is -0.189. The molecule has 17 heavy (non-hydrogen) atoms. The summed E-state index contributed by atoms with van der Waals surface area (Å²) < 4.78 is 0. The molecular weight excluding hydrogens is 218 g/mol. The molecule has 0 bridgehead atoms. The first-order valence-corrected chi connectivity index (χ1v) is 6.20. The molecule has 3 N–H and O–H groups in total. The SMILES string of the molecule is C[C@@H](CO)NC(=O)c1n[nH]c2c1CCCCC2. The number of aryl methyl sites for hydroxylation is 1. The number of hydrogen-bond acceptors (Lipinski definition) is 3. The fraction of sp³-hybridized carbons (Fsp3) is 0.667. The summed E-state index contributed by atoms with van der Waals surface area (Å²) in [4.78, 5) is 12.0. The van der Waals surface area contributed by atoms with E-state index in [4.69, 9.17) is 5.11 Å². The Bertz CT molecular complexity index is 400. The summed E-state index contributed by atoms with van der Waals surface area (Å²) in [6, 6.07) is -0.236. The van der Waals surface area contributed by atoms with Crippen LogP contribution in [0.15, 0.2) is 0 Å². The lowest BCUT2D eigenvalue weighted by Gasteiger charge is -2.10. The molecule has 0 spiro atoms. The lowest BCUT2D eigenvalue weighted by atomic mass is 10.1. The number of aromatic amines is 1. The summed E-state index contributed by atoms with van der Waals surface area (Å²) in [5, 5.41) is 18.7. The highest BCUT2D eigenvalue weighted by Gasteiger charge is 2.21. The molecule has 1 aliphatic carbocycles. The standard InChI is InChI=1S/C12H19N3O2/c1-8(7-16)13-12(17)11-9-5-3-2-4-6-10(9)14-15-11/h8,16H,2-7H2,1H3,(H,13,17)(H,14,15)/t8-/m0/s1. The van der Waals surface area contributed by atoms with Gasteiger partial charge in [-0.2, -0.15) is 5.10 Å². The molecule has 1 aromatic rings. The highest BCUT2D eigenvalue weighted by molar-refractivity contribution is 5.94. The molecule has 1 aliphatic rings. The Morgan fingerprint density at radius 1 is 1.47 bits per heavy atom. The van der Waals surface area contributed by atoms with E-state index < -0.39 is 0 Å². The van der Waals surface area contributed by atoms with Gasteiger partial charge in [0, 0.05) is 17.3 Å². The van der Waals surface area contributed by atoms with E-state index in [9.17, 15) is 4.79 Å². The van der Waals surface area contributed by atoms with Crippen LogP contribution in [0, 0.1) is 0 Å². The molecule has 5 nitrogen and oxygen atoms in total. The summed E-state index contributed by atoms with van der Waals surface area (Å²) in [7, 11) is 0. The molecule has 0 fully saturated rings. The summed E-state index contributed by atoms with van der Waals surface area (Å²) in [6.45, 7) is 1.71. The predicted octanol–water partition coefficient (Wildman–Crippen LogP) is 0.789. The minimum atomic E-state index is -0.236. The first-order valence-electron chi connectivity index (χ1n) is 6.20. The van der Waals surface area contributed by atoms with Crippen LogP contribution in [0.4, 0.5) is 0 Å². The Hall–Kier alpha value is -1.36. The minimum Gasteiger partial charge on any atom is -0.394 e. The van der Waals surface area contributed by atoms with E-state index in [-0.39, 0.29) is 18.6 Å². The van der Waals surface area contributed by atoms with Crippen LogP contribution in [0.1, 0.15) is 47.9 Å². The number of carbonyl (C=O) groups excluding carboxylic acids is 1. The summed E-state index contributed by atoms with van der Waals surface area (Å²) in [5.41, 5.74) is 2.66. The van der Waals surface area contributed by atoms with Crippen molar-refractivity contribution < 1.29 is 9.90 Å². The van der Waals surface area contributed by atoms with Gasteiger partial charge < -0.3 is 10.4 Å². The number of hydrogen-bond donors (Lipinski definition) is 3. The van der Waals surface area contributed by atoms with E-state index in [2.05, 4.69) is 15.5 Å². The number of rotatable bonds is 3. The average molecular weight is 237 g/mol. The first-order chi connectivity index (χ1) is 8.22. The fourth-order valence-electron chi connectivity index (χ4n) is 2.18. The van der Waals surface area contributed by atoms with Gasteiger partial charge in [-0.3, -0.25) is 9.89 Å². The van der Waals surface area contributed by atoms with Gasteiger partial charge >= 0.3 is 0 Å². The van der Waals surface area contributed by atoms with E-state index in [1.54, 1.807) is 6.92 Å². The Morgan fingerprint density at radius 2 is 2.24 bits per heavy atom. The Balaban J connectivity index is 2.15. The van der Waals surface area contributed by atoms with Gasteiger partial charge in [0.05, 0.1) is 6.61 Å². The topological polar surface area (TPSA) is 78.0 Å². The Kier molecular flexibility index (Phi) is 3.78. The van der Waals surface area contributed by atoms with Gasteiger partial charge in [0.25, 0.3) is 5.91 Å². The number of aromatic nitrogens is 2. The lowest BCUT2D eigenvalue weighted by Crippen LogP contribution is -2.35. The quantitative estimate of drug-likeness (QED) is 0.680. The molecular formula is C12H19N3O2. The second-order valence-electron chi connectivity index (χ2n) is 4.65. The molecule has 0 radical (unpaired) electrons. The second-order valence-corrected chi connectivity index (χ2v) is 4.65. The molecule has 5 heteroatoms. The average Bonchev–Trinajstić information content (AvgIpc) is 2.58. The van der Waals surface area contributed by atoms with E-state index in [1.165, 1.54) is 6.42 Å². The number of H-pyrrole nitrogens is 1. The van der Waals surface area contributed by atoms with Crippen molar-refractivity contribution in [2.75, 3.05) is 6.61 Å². The zero-order valence-corrected chi connectivity index (χ0v) is 10.1. The molecule has 0 aromatic carbocycles. The number of fused-ring (bicyclic) bond motifs is 1. The maximum absolute atomic E-state index is 12.0. The highest BCUT2D eigenvalue weighted by atomic mass is 16.3. The van der Waals surface area contributed by atoms with Crippen molar-refractivity contribution in [2.24, 2.45) is 0 Å². The van der Waals surface area contributed by atoms with Crippen molar-refractivity contribution in [3.8, 4) is 0 Å². The largest absolute Gasteiger partial charge is 0.394 e. The van der Waals surface area contributed by atoms with Gasteiger partial charge in [-0.25, -0.2) is 0 Å².